The molecule has 1 aromatic carbocycles. The van der Waals surface area contributed by atoms with Gasteiger partial charge in [-0.15, -0.1) is 0 Å². The third kappa shape index (κ3) is 5.95. The van der Waals surface area contributed by atoms with Crippen LogP contribution in [-0.2, 0) is 6.42 Å². The number of hydrogen-bond acceptors (Lipinski definition) is 1. The first-order chi connectivity index (χ1) is 9.48. The average Bonchev–Trinajstić information content (AvgIpc) is 2.41. The maximum absolute atomic E-state index is 12.3. The molecular weight excluding hydrogens is 263 g/mol. The molecule has 1 N–H and O–H groups in total. The van der Waals surface area contributed by atoms with Gasteiger partial charge in [0.2, 0.25) is 0 Å². The number of nitrogens with one attached hydrogen (secondary N) is 1. The molecule has 0 aliphatic heterocycles. The van der Waals surface area contributed by atoms with Crippen molar-refractivity contribution >= 4 is 0 Å². The van der Waals surface area contributed by atoms with Gasteiger partial charge in [0.05, 0.1) is 0 Å². The number of hydrogen-bond donors (Lipinski definition) is 1. The minimum atomic E-state index is -4.06. The van der Waals surface area contributed by atoms with Gasteiger partial charge in [-0.2, -0.15) is 13.2 Å². The smallest absolute Gasteiger partial charge is 0.310 e. The molecule has 4 heteroatoms. The lowest BCUT2D eigenvalue weighted by molar-refractivity contribution is -0.135. The number of benzene rings is 1. The van der Waals surface area contributed by atoms with E-state index >= 15 is 0 Å². The fraction of sp³-hybridized carbons (Fsp3) is 0.625. The SMILES string of the molecule is CCCNC(CCCC(F)(F)F)c1ccccc1CC. The zero-order valence-corrected chi connectivity index (χ0v) is 12.3. The van der Waals surface area contributed by atoms with Gasteiger partial charge in [-0.05, 0) is 43.4 Å². The highest BCUT2D eigenvalue weighted by Crippen LogP contribution is 2.28. The third-order valence-electron chi connectivity index (χ3n) is 3.41. The summed E-state index contributed by atoms with van der Waals surface area (Å²) in [4.78, 5) is 0. The molecule has 0 radical (unpaired) electrons. The zero-order valence-electron chi connectivity index (χ0n) is 12.3. The molecule has 0 bridgehead atoms. The molecule has 1 rings (SSSR count). The van der Waals surface area contributed by atoms with E-state index in [-0.39, 0.29) is 12.5 Å². The Hall–Kier alpha value is -1.03. The largest absolute Gasteiger partial charge is 0.389 e. The van der Waals surface area contributed by atoms with Gasteiger partial charge < -0.3 is 5.32 Å². The predicted molar refractivity (Wildman–Crippen MR) is 76.8 cm³/mol. The minimum absolute atomic E-state index is 0.0217. The van der Waals surface area contributed by atoms with E-state index in [0.717, 1.165) is 24.9 Å². The molecule has 0 aliphatic rings. The van der Waals surface area contributed by atoms with Crippen molar-refractivity contribution in [2.24, 2.45) is 0 Å². The second-order valence-electron chi connectivity index (χ2n) is 5.07. The molecule has 0 saturated heterocycles. The molecule has 20 heavy (non-hydrogen) atoms. The second kappa shape index (κ2) is 8.30. The molecule has 1 atom stereocenters. The number of halogens is 3. The van der Waals surface area contributed by atoms with Crippen LogP contribution in [0.15, 0.2) is 24.3 Å². The van der Waals surface area contributed by atoms with Crippen LogP contribution in [0.2, 0.25) is 0 Å². The van der Waals surface area contributed by atoms with Crippen molar-refractivity contribution < 1.29 is 13.2 Å². The van der Waals surface area contributed by atoms with Gasteiger partial charge in [0.1, 0.15) is 0 Å². The molecule has 1 aromatic rings. The van der Waals surface area contributed by atoms with Crippen LogP contribution in [0.4, 0.5) is 13.2 Å². The normalized spacial score (nSPS) is 13.4. The summed E-state index contributed by atoms with van der Waals surface area (Å²) in [6, 6.07) is 8.04. The lowest BCUT2D eigenvalue weighted by Crippen LogP contribution is -2.23. The van der Waals surface area contributed by atoms with E-state index in [1.54, 1.807) is 0 Å². The Balaban J connectivity index is 2.72. The molecule has 0 amide bonds. The first kappa shape index (κ1) is 17.0. The Morgan fingerprint density at radius 1 is 1.15 bits per heavy atom. The van der Waals surface area contributed by atoms with Gasteiger partial charge in [0.25, 0.3) is 0 Å². The molecule has 0 aliphatic carbocycles. The Labute approximate surface area is 119 Å². The van der Waals surface area contributed by atoms with E-state index in [0.29, 0.717) is 6.42 Å². The maximum atomic E-state index is 12.3. The summed E-state index contributed by atoms with van der Waals surface area (Å²) in [7, 11) is 0. The van der Waals surface area contributed by atoms with Gasteiger partial charge >= 0.3 is 6.18 Å². The molecule has 0 fully saturated rings. The molecule has 114 valence electrons. The number of alkyl halides is 3. The van der Waals surface area contributed by atoms with Crippen molar-refractivity contribution in [3.05, 3.63) is 35.4 Å². The van der Waals surface area contributed by atoms with Crippen molar-refractivity contribution in [1.29, 1.82) is 0 Å². The van der Waals surface area contributed by atoms with Crippen molar-refractivity contribution in [2.45, 2.75) is 58.2 Å². The molecule has 0 saturated carbocycles. The fourth-order valence-electron chi connectivity index (χ4n) is 2.39. The molecule has 0 spiro atoms. The number of rotatable bonds is 8. The van der Waals surface area contributed by atoms with Crippen LogP contribution in [0.5, 0.6) is 0 Å². The van der Waals surface area contributed by atoms with Crippen LogP contribution < -0.4 is 5.32 Å². The van der Waals surface area contributed by atoms with Crippen molar-refractivity contribution in [1.82, 2.24) is 5.32 Å². The molecule has 1 nitrogen and oxygen atoms in total. The summed E-state index contributed by atoms with van der Waals surface area (Å²) < 4.78 is 36.9. The Kier molecular flexibility index (Phi) is 7.06. The third-order valence-corrected chi connectivity index (χ3v) is 3.41. The van der Waals surface area contributed by atoms with Crippen molar-refractivity contribution in [3.8, 4) is 0 Å². The topological polar surface area (TPSA) is 12.0 Å². The van der Waals surface area contributed by atoms with E-state index in [1.807, 2.05) is 18.2 Å². The van der Waals surface area contributed by atoms with Crippen LogP contribution in [0, 0.1) is 0 Å². The molecule has 0 heterocycles. The second-order valence-corrected chi connectivity index (χ2v) is 5.07. The van der Waals surface area contributed by atoms with Gasteiger partial charge in [0.15, 0.2) is 0 Å². The van der Waals surface area contributed by atoms with E-state index in [2.05, 4.69) is 25.2 Å². The predicted octanol–water partition coefficient (Wildman–Crippen LogP) is 5.02. The summed E-state index contributed by atoms with van der Waals surface area (Å²) in [6.07, 6.45) is -2.19. The highest BCUT2D eigenvalue weighted by molar-refractivity contribution is 5.30. The van der Waals surface area contributed by atoms with E-state index in [4.69, 9.17) is 0 Å². The lowest BCUT2D eigenvalue weighted by Gasteiger charge is -2.22. The first-order valence-electron chi connectivity index (χ1n) is 7.35. The lowest BCUT2D eigenvalue weighted by atomic mass is 9.94. The highest BCUT2D eigenvalue weighted by atomic mass is 19.4. The van der Waals surface area contributed by atoms with E-state index in [9.17, 15) is 13.2 Å². The van der Waals surface area contributed by atoms with Crippen LogP contribution in [0.25, 0.3) is 0 Å². The van der Waals surface area contributed by atoms with Crippen molar-refractivity contribution in [3.63, 3.8) is 0 Å². The summed E-state index contributed by atoms with van der Waals surface area (Å²) in [6.45, 7) is 4.96. The van der Waals surface area contributed by atoms with Crippen LogP contribution in [0.1, 0.15) is 56.7 Å². The first-order valence-corrected chi connectivity index (χ1v) is 7.35. The Morgan fingerprint density at radius 2 is 1.85 bits per heavy atom. The Bertz CT molecular complexity index is 388. The highest BCUT2D eigenvalue weighted by Gasteiger charge is 2.27. The van der Waals surface area contributed by atoms with E-state index < -0.39 is 12.6 Å². The van der Waals surface area contributed by atoms with Gasteiger partial charge in [-0.1, -0.05) is 38.1 Å². The number of aryl methyl sites for hydroxylation is 1. The molecular formula is C16H24F3N. The summed E-state index contributed by atoms with van der Waals surface area (Å²) >= 11 is 0. The van der Waals surface area contributed by atoms with Gasteiger partial charge in [0, 0.05) is 12.5 Å². The van der Waals surface area contributed by atoms with Gasteiger partial charge in [-0.25, -0.2) is 0 Å². The standard InChI is InChI=1S/C16H24F3N/c1-3-12-20-15(10-7-11-16(17,18)19)14-9-6-5-8-13(14)4-2/h5-6,8-9,15,20H,3-4,7,10-12H2,1-2H3. The Morgan fingerprint density at radius 3 is 2.45 bits per heavy atom. The van der Waals surface area contributed by atoms with Crippen molar-refractivity contribution in [2.75, 3.05) is 6.54 Å². The molecule has 0 aromatic heterocycles. The fourth-order valence-corrected chi connectivity index (χ4v) is 2.39. The zero-order chi connectivity index (χ0) is 15.0. The summed E-state index contributed by atoms with van der Waals surface area (Å²) in [5.74, 6) is 0. The summed E-state index contributed by atoms with van der Waals surface area (Å²) in [5.41, 5.74) is 2.36. The molecule has 1 unspecified atom stereocenters. The average molecular weight is 287 g/mol. The quantitative estimate of drug-likeness (QED) is 0.707. The van der Waals surface area contributed by atoms with Crippen LogP contribution in [-0.4, -0.2) is 12.7 Å². The summed E-state index contributed by atoms with van der Waals surface area (Å²) in [5, 5.41) is 3.38. The van der Waals surface area contributed by atoms with Crippen LogP contribution >= 0.6 is 0 Å². The van der Waals surface area contributed by atoms with Crippen LogP contribution in [0.3, 0.4) is 0 Å². The van der Waals surface area contributed by atoms with E-state index in [1.165, 1.54) is 5.56 Å². The minimum Gasteiger partial charge on any atom is -0.310 e. The monoisotopic (exact) mass is 287 g/mol. The van der Waals surface area contributed by atoms with Gasteiger partial charge in [-0.3, -0.25) is 0 Å². The maximum Gasteiger partial charge on any atom is 0.389 e.